The zero-order valence-electron chi connectivity index (χ0n) is 20.4. The molecule has 0 radical (unpaired) electrons. The number of anilines is 1. The molecule has 0 fully saturated rings. The largest absolute Gasteiger partial charge is 0.481 e. The van der Waals surface area contributed by atoms with E-state index in [-0.39, 0.29) is 30.7 Å². The van der Waals surface area contributed by atoms with Gasteiger partial charge in [-0.25, -0.2) is 13.8 Å². The summed E-state index contributed by atoms with van der Waals surface area (Å²) < 4.78 is 66.5. The minimum Gasteiger partial charge on any atom is -0.481 e. The number of aliphatic carboxylic acids is 1. The molecule has 3 aromatic rings. The fraction of sp³-hybridized carbons (Fsp3) is 0.292. The highest BCUT2D eigenvalue weighted by atomic mass is 19.4. The van der Waals surface area contributed by atoms with Gasteiger partial charge in [0.2, 0.25) is 5.91 Å². The molecule has 40 heavy (non-hydrogen) atoms. The number of guanidine groups is 1. The summed E-state index contributed by atoms with van der Waals surface area (Å²) >= 11 is 0. The number of halogens is 5. The molecule has 11 nitrogen and oxygen atoms in total. The van der Waals surface area contributed by atoms with Crippen molar-refractivity contribution in [3.05, 3.63) is 59.0 Å². The number of aromatic amines is 1. The second-order valence-electron chi connectivity index (χ2n) is 8.82. The molecule has 2 atom stereocenters. The zero-order chi connectivity index (χ0) is 29.0. The van der Waals surface area contributed by atoms with Gasteiger partial charge in [0.1, 0.15) is 12.0 Å². The predicted octanol–water partition coefficient (Wildman–Crippen LogP) is 2.49. The maximum Gasteiger partial charge on any atom is 0.416 e. The van der Waals surface area contributed by atoms with E-state index in [0.717, 1.165) is 0 Å². The first-order valence-electron chi connectivity index (χ1n) is 11.7. The lowest BCUT2D eigenvalue weighted by Gasteiger charge is -2.20. The number of benzene rings is 2. The number of hydrogen-bond acceptors (Lipinski definition) is 7. The minimum absolute atomic E-state index is 0.0465. The Hall–Kier alpha value is -4.76. The quantitative estimate of drug-likeness (QED) is 0.228. The summed E-state index contributed by atoms with van der Waals surface area (Å²) in [6.45, 7) is -0.673. The molecule has 2 amide bonds. The molecule has 4 rings (SSSR count). The molecule has 1 aromatic heterocycles. The Morgan fingerprint density at radius 3 is 2.60 bits per heavy atom. The van der Waals surface area contributed by atoms with Crippen LogP contribution in [-0.2, 0) is 15.8 Å². The first kappa shape index (κ1) is 28.3. The summed E-state index contributed by atoms with van der Waals surface area (Å²) in [5.41, 5.74) is -0.829. The van der Waals surface area contributed by atoms with Crippen molar-refractivity contribution >= 4 is 40.3 Å². The summed E-state index contributed by atoms with van der Waals surface area (Å²) in [5.74, 6) is -4.10. The van der Waals surface area contributed by atoms with Crippen LogP contribution in [0.25, 0.3) is 10.9 Å². The third kappa shape index (κ3) is 7.00. The molecule has 0 spiro atoms. The van der Waals surface area contributed by atoms with E-state index >= 15 is 0 Å². The first-order valence-corrected chi connectivity index (χ1v) is 11.7. The standard InChI is InChI=1S/C24H22F5N7O4/c25-14-2-11(1-13(5-14)24(27,28)29)17(6-21(38)39)34-20(37)10-30-22(40)12-3-18(16-9-33-36-19(16)4-12)35-23-31-7-15(26)8-32-23/h1-5,9,15,17H,6-8,10H2,(H,30,40)(H,33,36)(H,34,37)(H,38,39)(H2,31,32,35)/t17-/m0/s1. The Morgan fingerprint density at radius 2 is 1.93 bits per heavy atom. The van der Waals surface area contributed by atoms with E-state index in [2.05, 4.69) is 36.5 Å². The maximum atomic E-state index is 13.9. The molecule has 6 N–H and O–H groups in total. The van der Waals surface area contributed by atoms with Gasteiger partial charge in [-0.05, 0) is 35.9 Å². The van der Waals surface area contributed by atoms with E-state index in [0.29, 0.717) is 28.7 Å². The average Bonchev–Trinajstić information content (AvgIpc) is 3.36. The number of hydrogen-bond donors (Lipinski definition) is 6. The number of H-pyrrole nitrogens is 1. The molecule has 16 heteroatoms. The molecule has 1 aliphatic heterocycles. The second kappa shape index (κ2) is 11.5. The number of carboxylic acid groups (broad SMARTS) is 1. The van der Waals surface area contributed by atoms with Crippen LogP contribution >= 0.6 is 0 Å². The molecular formula is C24H22F5N7O4. The highest BCUT2D eigenvalue weighted by Gasteiger charge is 2.32. The van der Waals surface area contributed by atoms with Crippen LogP contribution in [0.5, 0.6) is 0 Å². The smallest absolute Gasteiger partial charge is 0.416 e. The number of aliphatic imine (C=N–C) groups is 1. The van der Waals surface area contributed by atoms with Crippen molar-refractivity contribution in [2.24, 2.45) is 4.99 Å². The number of nitrogens with zero attached hydrogens (tertiary/aromatic N) is 2. The Balaban J connectivity index is 1.46. The number of alkyl halides is 4. The molecule has 2 heterocycles. The molecule has 2 aromatic carbocycles. The third-order valence-corrected chi connectivity index (χ3v) is 5.79. The minimum atomic E-state index is -4.90. The van der Waals surface area contributed by atoms with E-state index in [1.807, 2.05) is 0 Å². The van der Waals surface area contributed by atoms with Gasteiger partial charge in [-0.15, -0.1) is 0 Å². The number of carbonyl (C=O) groups excluding carboxylic acids is 2. The van der Waals surface area contributed by atoms with Crippen molar-refractivity contribution in [1.82, 2.24) is 26.1 Å². The van der Waals surface area contributed by atoms with E-state index in [1.165, 1.54) is 18.3 Å². The van der Waals surface area contributed by atoms with Gasteiger partial charge in [-0.2, -0.15) is 18.3 Å². The van der Waals surface area contributed by atoms with Crippen molar-refractivity contribution in [1.29, 1.82) is 0 Å². The highest BCUT2D eigenvalue weighted by Crippen LogP contribution is 2.32. The first-order chi connectivity index (χ1) is 18.9. The Kier molecular flexibility index (Phi) is 8.16. The van der Waals surface area contributed by atoms with E-state index in [4.69, 9.17) is 5.11 Å². The van der Waals surface area contributed by atoms with Gasteiger partial charge in [0.05, 0.1) is 55.1 Å². The Bertz CT molecular complexity index is 1470. The van der Waals surface area contributed by atoms with Crippen LogP contribution in [0, 0.1) is 5.82 Å². The topological polar surface area (TPSA) is 161 Å². The number of carboxylic acids is 1. The third-order valence-electron chi connectivity index (χ3n) is 5.79. The van der Waals surface area contributed by atoms with Crippen LogP contribution < -0.4 is 21.3 Å². The number of aromatic nitrogens is 2. The normalized spacial score (nSPS) is 16.0. The van der Waals surface area contributed by atoms with Crippen LogP contribution in [0.1, 0.15) is 33.9 Å². The Labute approximate surface area is 222 Å². The Morgan fingerprint density at radius 1 is 1.15 bits per heavy atom. The lowest BCUT2D eigenvalue weighted by atomic mass is 10.0. The average molecular weight is 567 g/mol. The molecule has 0 bridgehead atoms. The van der Waals surface area contributed by atoms with Crippen molar-refractivity contribution < 1.29 is 41.4 Å². The lowest BCUT2D eigenvalue weighted by molar-refractivity contribution is -0.138. The van der Waals surface area contributed by atoms with Gasteiger partial charge in [-0.3, -0.25) is 19.5 Å². The molecule has 212 valence electrons. The fourth-order valence-electron chi connectivity index (χ4n) is 3.93. The summed E-state index contributed by atoms with van der Waals surface area (Å²) in [5, 5.41) is 26.7. The summed E-state index contributed by atoms with van der Waals surface area (Å²) in [4.78, 5) is 40.6. The van der Waals surface area contributed by atoms with Crippen molar-refractivity contribution in [2.75, 3.05) is 25.0 Å². The molecule has 0 aliphatic carbocycles. The van der Waals surface area contributed by atoms with Gasteiger partial charge in [0.15, 0.2) is 5.96 Å². The van der Waals surface area contributed by atoms with E-state index in [1.54, 1.807) is 0 Å². The van der Waals surface area contributed by atoms with Crippen molar-refractivity contribution in [2.45, 2.75) is 24.8 Å². The van der Waals surface area contributed by atoms with Crippen LogP contribution in [-0.4, -0.2) is 64.9 Å². The van der Waals surface area contributed by atoms with Crippen LogP contribution in [0.2, 0.25) is 0 Å². The van der Waals surface area contributed by atoms with Gasteiger partial charge < -0.3 is 26.4 Å². The number of rotatable bonds is 8. The highest BCUT2D eigenvalue weighted by molar-refractivity contribution is 6.07. The van der Waals surface area contributed by atoms with Crippen LogP contribution in [0.15, 0.2) is 41.5 Å². The van der Waals surface area contributed by atoms with Crippen molar-refractivity contribution in [3.8, 4) is 0 Å². The van der Waals surface area contributed by atoms with Gasteiger partial charge in [-0.1, -0.05) is 0 Å². The van der Waals surface area contributed by atoms with Gasteiger partial charge >= 0.3 is 12.1 Å². The zero-order valence-corrected chi connectivity index (χ0v) is 20.4. The van der Waals surface area contributed by atoms with Gasteiger partial charge in [0.25, 0.3) is 5.91 Å². The molecule has 1 unspecified atom stereocenters. The number of carbonyl (C=O) groups is 3. The summed E-state index contributed by atoms with van der Waals surface area (Å²) in [6, 6.07) is 2.86. The molecular weight excluding hydrogens is 545 g/mol. The summed E-state index contributed by atoms with van der Waals surface area (Å²) in [6.07, 6.45) is -5.38. The number of fused-ring (bicyclic) bond motifs is 1. The van der Waals surface area contributed by atoms with Crippen LogP contribution in [0.4, 0.5) is 27.6 Å². The number of nitrogens with one attached hydrogen (secondary N) is 5. The van der Waals surface area contributed by atoms with E-state index < -0.39 is 66.1 Å². The van der Waals surface area contributed by atoms with Crippen LogP contribution in [0.3, 0.4) is 0 Å². The fourth-order valence-corrected chi connectivity index (χ4v) is 3.93. The second-order valence-corrected chi connectivity index (χ2v) is 8.82. The maximum absolute atomic E-state index is 13.9. The SMILES string of the molecule is O=C(O)C[C@H](NC(=O)CNC(=O)c1cc(NC2=NCC(F)CN2)c2cn[nH]c2c1)c1cc(F)cc(C(F)(F)F)c1. The van der Waals surface area contributed by atoms with E-state index in [9.17, 15) is 36.3 Å². The van der Waals surface area contributed by atoms with Crippen molar-refractivity contribution in [3.63, 3.8) is 0 Å². The number of amides is 2. The van der Waals surface area contributed by atoms with Gasteiger partial charge in [0, 0.05) is 10.9 Å². The monoisotopic (exact) mass is 567 g/mol. The lowest BCUT2D eigenvalue weighted by Crippen LogP contribution is -2.41. The molecule has 0 saturated carbocycles. The summed E-state index contributed by atoms with van der Waals surface area (Å²) in [7, 11) is 0. The molecule has 0 saturated heterocycles. The predicted molar refractivity (Wildman–Crippen MR) is 132 cm³/mol. The molecule has 1 aliphatic rings.